The fourth-order valence-electron chi connectivity index (χ4n) is 1.85. The molecular formula is C17H26BF3O4Si. The Kier molecular flexibility index (Phi) is 7.53. The topological polar surface area (TPSA) is 58.9 Å². The summed E-state index contributed by atoms with van der Waals surface area (Å²) in [4.78, 5) is 0. The van der Waals surface area contributed by atoms with E-state index < -0.39 is 33.3 Å². The third-order valence-corrected chi connectivity index (χ3v) is 8.83. The first-order valence-corrected chi connectivity index (χ1v) is 11.2. The van der Waals surface area contributed by atoms with Crippen LogP contribution in [0, 0.1) is 0 Å². The van der Waals surface area contributed by atoms with Crippen molar-refractivity contribution in [2.45, 2.75) is 51.2 Å². The molecule has 0 aromatic heterocycles. The molecule has 0 spiro atoms. The van der Waals surface area contributed by atoms with Crippen LogP contribution >= 0.6 is 0 Å². The van der Waals surface area contributed by atoms with Crippen LogP contribution in [-0.2, 0) is 10.6 Å². The van der Waals surface area contributed by atoms with Crippen molar-refractivity contribution < 1.29 is 32.4 Å². The fraction of sp³-hybridized carbons (Fsp3) is 0.529. The predicted octanol–water partition coefficient (Wildman–Crippen LogP) is 4.04. The van der Waals surface area contributed by atoms with Gasteiger partial charge in [-0.05, 0) is 36.3 Å². The first-order valence-electron chi connectivity index (χ1n) is 8.25. The lowest BCUT2D eigenvalue weighted by atomic mass is 9.91. The summed E-state index contributed by atoms with van der Waals surface area (Å²) in [7, 11) is -3.84. The van der Waals surface area contributed by atoms with Crippen molar-refractivity contribution in [3.63, 3.8) is 0 Å². The molecule has 9 heteroatoms. The van der Waals surface area contributed by atoms with Crippen molar-refractivity contribution in [2.24, 2.45) is 0 Å². The molecule has 0 unspecified atom stereocenters. The molecule has 146 valence electrons. The van der Waals surface area contributed by atoms with Gasteiger partial charge in [-0.25, -0.2) is 0 Å². The summed E-state index contributed by atoms with van der Waals surface area (Å²) in [6, 6.07) is 4.60. The van der Waals surface area contributed by atoms with Crippen LogP contribution in [0.2, 0.25) is 18.1 Å². The lowest BCUT2D eigenvalue weighted by Crippen LogP contribution is -2.45. The molecule has 1 atom stereocenters. The van der Waals surface area contributed by atoms with Crippen LogP contribution in [0.5, 0.6) is 5.75 Å². The van der Waals surface area contributed by atoms with E-state index in [0.717, 1.165) is 18.1 Å². The number of alkyl halides is 3. The molecule has 0 bridgehead atoms. The molecule has 0 saturated heterocycles. The number of benzene rings is 1. The summed E-state index contributed by atoms with van der Waals surface area (Å²) in [6.07, 6.45) is -3.61. The van der Waals surface area contributed by atoms with Crippen LogP contribution < -0.4 is 4.74 Å². The summed E-state index contributed by atoms with van der Waals surface area (Å²) in [5, 5.41) is 18.0. The summed E-state index contributed by atoms with van der Waals surface area (Å²) in [5.41, 5.74) is -0.793. The maximum atomic E-state index is 12.8. The summed E-state index contributed by atoms with van der Waals surface area (Å²) in [5.74, 6) is 1.22. The first kappa shape index (κ1) is 22.8. The van der Waals surface area contributed by atoms with Crippen LogP contribution in [0.1, 0.15) is 26.3 Å². The zero-order valence-electron chi connectivity index (χ0n) is 15.7. The van der Waals surface area contributed by atoms with Gasteiger partial charge in [0.15, 0.2) is 8.32 Å². The van der Waals surface area contributed by atoms with Gasteiger partial charge >= 0.3 is 13.3 Å². The van der Waals surface area contributed by atoms with Crippen LogP contribution in [-0.4, -0.2) is 38.2 Å². The number of hydrogen-bond donors (Lipinski definition) is 2. The average molecular weight is 390 g/mol. The Morgan fingerprint density at radius 1 is 1.19 bits per heavy atom. The fourth-order valence-corrected chi connectivity index (χ4v) is 3.10. The van der Waals surface area contributed by atoms with E-state index in [-0.39, 0.29) is 17.4 Å². The quantitative estimate of drug-likeness (QED) is 0.690. The van der Waals surface area contributed by atoms with Gasteiger partial charge in [0.05, 0.1) is 11.7 Å². The molecular weight excluding hydrogens is 364 g/mol. The van der Waals surface area contributed by atoms with Gasteiger partial charge in [0.2, 0.25) is 0 Å². The van der Waals surface area contributed by atoms with Crippen molar-refractivity contribution in [3.8, 4) is 5.75 Å². The maximum absolute atomic E-state index is 12.8. The van der Waals surface area contributed by atoms with Crippen LogP contribution in [0.4, 0.5) is 13.2 Å². The Hall–Kier alpha value is -1.29. The van der Waals surface area contributed by atoms with Gasteiger partial charge in [-0.3, -0.25) is 0 Å². The van der Waals surface area contributed by atoms with Gasteiger partial charge in [-0.2, -0.15) is 13.2 Å². The van der Waals surface area contributed by atoms with Gasteiger partial charge in [0, 0.05) is 0 Å². The molecule has 0 aliphatic rings. The second kappa shape index (κ2) is 8.60. The summed E-state index contributed by atoms with van der Waals surface area (Å²) in [6.45, 7) is 10.1. The highest BCUT2D eigenvalue weighted by molar-refractivity contribution is 6.74. The van der Waals surface area contributed by atoms with Gasteiger partial charge in [-0.15, -0.1) is 0 Å². The van der Waals surface area contributed by atoms with Gasteiger partial charge < -0.3 is 19.2 Å². The van der Waals surface area contributed by atoms with Crippen LogP contribution in [0.15, 0.2) is 36.3 Å². The lowest BCUT2D eigenvalue weighted by Gasteiger charge is -2.38. The Morgan fingerprint density at radius 3 is 2.31 bits per heavy atom. The van der Waals surface area contributed by atoms with E-state index in [0.29, 0.717) is 0 Å². The highest BCUT2D eigenvalue weighted by atomic mass is 28.4. The van der Waals surface area contributed by atoms with Gasteiger partial charge in [0.1, 0.15) is 12.4 Å². The molecule has 2 N–H and O–H groups in total. The van der Waals surface area contributed by atoms with Crippen molar-refractivity contribution in [3.05, 3.63) is 41.9 Å². The van der Waals surface area contributed by atoms with Crippen molar-refractivity contribution in [1.82, 2.24) is 0 Å². The Bertz CT molecular complexity index is 613. The molecule has 0 amide bonds. The van der Waals surface area contributed by atoms with E-state index in [1.54, 1.807) is 0 Å². The molecule has 0 aliphatic carbocycles. The molecule has 1 rings (SSSR count). The average Bonchev–Trinajstić information content (AvgIpc) is 2.48. The second-order valence-electron chi connectivity index (χ2n) is 7.55. The predicted molar refractivity (Wildman–Crippen MR) is 98.3 cm³/mol. The molecule has 1 aromatic carbocycles. The molecule has 0 fully saturated rings. The van der Waals surface area contributed by atoms with E-state index in [2.05, 4.69) is 20.8 Å². The minimum absolute atomic E-state index is 0.0446. The van der Waals surface area contributed by atoms with E-state index in [1.807, 2.05) is 13.1 Å². The number of halogens is 3. The minimum atomic E-state index is -4.45. The summed E-state index contributed by atoms with van der Waals surface area (Å²) < 4.78 is 50.0. The first-order chi connectivity index (χ1) is 11.7. The third kappa shape index (κ3) is 7.14. The van der Waals surface area contributed by atoms with Crippen LogP contribution in [0.3, 0.4) is 0 Å². The van der Waals surface area contributed by atoms with Crippen LogP contribution in [0.25, 0.3) is 0 Å². The highest BCUT2D eigenvalue weighted by Gasteiger charge is 2.39. The highest BCUT2D eigenvalue weighted by Crippen LogP contribution is 2.37. The zero-order valence-corrected chi connectivity index (χ0v) is 16.7. The number of rotatable bonds is 7. The number of hydrogen-bond acceptors (Lipinski definition) is 4. The van der Waals surface area contributed by atoms with Gasteiger partial charge in [-0.1, -0.05) is 38.9 Å². The SMILES string of the molecule is CC(C)(C)[Si](C)(C)O[C@H](C=CB(O)O)COc1cccc(C(F)(F)F)c1. The minimum Gasteiger partial charge on any atom is -0.491 e. The lowest BCUT2D eigenvalue weighted by molar-refractivity contribution is -0.137. The zero-order chi connectivity index (χ0) is 20.2. The smallest absolute Gasteiger partial charge is 0.480 e. The number of ether oxygens (including phenoxy) is 1. The molecule has 0 saturated carbocycles. The molecule has 0 radical (unpaired) electrons. The molecule has 4 nitrogen and oxygen atoms in total. The van der Waals surface area contributed by atoms with Crippen molar-refractivity contribution in [2.75, 3.05) is 6.61 Å². The maximum Gasteiger partial charge on any atom is 0.480 e. The Labute approximate surface area is 153 Å². The second-order valence-corrected chi connectivity index (χ2v) is 12.3. The van der Waals surface area contributed by atoms with E-state index in [4.69, 9.17) is 19.2 Å². The van der Waals surface area contributed by atoms with E-state index in [1.165, 1.54) is 18.2 Å². The molecule has 0 heterocycles. The largest absolute Gasteiger partial charge is 0.491 e. The monoisotopic (exact) mass is 390 g/mol. The summed E-state index contributed by atoms with van der Waals surface area (Å²) >= 11 is 0. The Balaban J connectivity index is 2.91. The van der Waals surface area contributed by atoms with Crippen molar-refractivity contribution >= 4 is 15.4 Å². The molecule has 1 aromatic rings. The third-order valence-electron chi connectivity index (χ3n) is 4.33. The normalized spacial score (nSPS) is 14.5. The van der Waals surface area contributed by atoms with E-state index in [9.17, 15) is 13.2 Å². The van der Waals surface area contributed by atoms with Crippen molar-refractivity contribution in [1.29, 1.82) is 0 Å². The molecule has 26 heavy (non-hydrogen) atoms. The van der Waals surface area contributed by atoms with Gasteiger partial charge in [0.25, 0.3) is 0 Å². The van der Waals surface area contributed by atoms with E-state index >= 15 is 0 Å². The Morgan fingerprint density at radius 2 is 1.81 bits per heavy atom. The molecule has 0 aliphatic heterocycles. The standard InChI is InChI=1S/C17H26BF3O4Si/c1-16(2,3)26(4,5)25-15(9-10-18(22)23)12-24-14-8-6-7-13(11-14)17(19,20)21/h6-11,15,22-23H,12H2,1-5H3/t15-/m1/s1.